The van der Waals surface area contributed by atoms with Crippen molar-refractivity contribution < 1.29 is 13.2 Å². The normalized spacial score (nSPS) is 19.7. The van der Waals surface area contributed by atoms with Crippen molar-refractivity contribution in [2.45, 2.75) is 23.8 Å². The summed E-state index contributed by atoms with van der Waals surface area (Å²) in [7, 11) is -3.69. The average Bonchev–Trinajstić information content (AvgIpc) is 2.82. The Labute approximate surface area is 106 Å². The van der Waals surface area contributed by atoms with Crippen LogP contribution in [0, 0.1) is 0 Å². The molecule has 1 aliphatic rings. The lowest BCUT2D eigenvalue weighted by Gasteiger charge is -2.11. The number of rotatable bonds is 3. The van der Waals surface area contributed by atoms with Crippen LogP contribution >= 0.6 is 0 Å². The fourth-order valence-corrected chi connectivity index (χ4v) is 2.38. The number of hydrogen-bond acceptors (Lipinski definition) is 4. The van der Waals surface area contributed by atoms with E-state index in [1.807, 2.05) is 0 Å². The van der Waals surface area contributed by atoms with Gasteiger partial charge in [0.1, 0.15) is 0 Å². The number of amides is 1. The zero-order valence-corrected chi connectivity index (χ0v) is 10.5. The molecule has 0 aromatic heterocycles. The molecular weight excluding hydrogens is 254 g/mol. The standard InChI is InChI=1S/C11H15N3O3S/c12-18(16,17)9-5-3-8(4-6-9)14-11(15)10-2-1-7-13-10/h3-6,10,13H,1-2,7H2,(H,14,15)(H2,12,16,17). The number of anilines is 1. The Hall–Kier alpha value is -1.44. The zero-order chi connectivity index (χ0) is 13.2. The van der Waals surface area contributed by atoms with E-state index >= 15 is 0 Å². The molecule has 0 spiro atoms. The average molecular weight is 269 g/mol. The lowest BCUT2D eigenvalue weighted by atomic mass is 10.2. The molecule has 7 heteroatoms. The monoisotopic (exact) mass is 269 g/mol. The Balaban J connectivity index is 2.04. The molecule has 0 bridgehead atoms. The van der Waals surface area contributed by atoms with Gasteiger partial charge in [0.15, 0.2) is 0 Å². The Morgan fingerprint density at radius 3 is 2.50 bits per heavy atom. The van der Waals surface area contributed by atoms with E-state index in [1.54, 1.807) is 0 Å². The Bertz CT molecular complexity index is 533. The number of hydrogen-bond donors (Lipinski definition) is 3. The van der Waals surface area contributed by atoms with Crippen LogP contribution in [-0.2, 0) is 14.8 Å². The van der Waals surface area contributed by atoms with Crippen LogP contribution in [0.4, 0.5) is 5.69 Å². The van der Waals surface area contributed by atoms with E-state index < -0.39 is 10.0 Å². The third-order valence-electron chi connectivity index (χ3n) is 2.83. The maximum Gasteiger partial charge on any atom is 0.241 e. The van der Waals surface area contributed by atoms with E-state index in [0.29, 0.717) is 5.69 Å². The highest BCUT2D eigenvalue weighted by atomic mass is 32.2. The van der Waals surface area contributed by atoms with Gasteiger partial charge in [0.25, 0.3) is 0 Å². The summed E-state index contributed by atoms with van der Waals surface area (Å²) in [6.07, 6.45) is 1.81. The largest absolute Gasteiger partial charge is 0.325 e. The van der Waals surface area contributed by atoms with Gasteiger partial charge in [-0.1, -0.05) is 0 Å². The molecule has 0 radical (unpaired) electrons. The molecule has 0 saturated carbocycles. The van der Waals surface area contributed by atoms with Crippen LogP contribution in [-0.4, -0.2) is 26.9 Å². The molecule has 1 amide bonds. The molecule has 6 nitrogen and oxygen atoms in total. The first kappa shape index (κ1) is 13.0. The SMILES string of the molecule is NS(=O)(=O)c1ccc(NC(=O)C2CCCN2)cc1. The van der Waals surface area contributed by atoms with E-state index in [-0.39, 0.29) is 16.8 Å². The minimum Gasteiger partial charge on any atom is -0.325 e. The van der Waals surface area contributed by atoms with Crippen LogP contribution in [0.5, 0.6) is 0 Å². The fraction of sp³-hybridized carbons (Fsp3) is 0.364. The fourth-order valence-electron chi connectivity index (χ4n) is 1.87. The smallest absolute Gasteiger partial charge is 0.241 e. The molecule has 1 aliphatic heterocycles. The summed E-state index contributed by atoms with van der Waals surface area (Å²) in [5, 5.41) is 10.8. The van der Waals surface area contributed by atoms with Crippen LogP contribution in [0.2, 0.25) is 0 Å². The molecule has 2 rings (SSSR count). The zero-order valence-electron chi connectivity index (χ0n) is 9.72. The van der Waals surface area contributed by atoms with Crippen molar-refractivity contribution in [3.8, 4) is 0 Å². The number of nitrogens with two attached hydrogens (primary N) is 1. The van der Waals surface area contributed by atoms with Gasteiger partial charge in [-0.05, 0) is 43.7 Å². The molecule has 1 heterocycles. The molecule has 98 valence electrons. The first-order chi connectivity index (χ1) is 8.47. The van der Waals surface area contributed by atoms with E-state index in [9.17, 15) is 13.2 Å². The van der Waals surface area contributed by atoms with Gasteiger partial charge >= 0.3 is 0 Å². The summed E-state index contributed by atoms with van der Waals surface area (Å²) in [5.41, 5.74) is 0.557. The summed E-state index contributed by atoms with van der Waals surface area (Å²) < 4.78 is 22.1. The lowest BCUT2D eigenvalue weighted by molar-refractivity contribution is -0.117. The predicted octanol–water partition coefficient (Wildman–Crippen LogP) is 0.0245. The van der Waals surface area contributed by atoms with Gasteiger partial charge < -0.3 is 10.6 Å². The second-order valence-corrected chi connectivity index (χ2v) is 5.77. The van der Waals surface area contributed by atoms with Crippen LogP contribution in [0.1, 0.15) is 12.8 Å². The quantitative estimate of drug-likeness (QED) is 0.720. The van der Waals surface area contributed by atoms with Crippen molar-refractivity contribution in [2.24, 2.45) is 5.14 Å². The summed E-state index contributed by atoms with van der Waals surface area (Å²) in [4.78, 5) is 11.8. The van der Waals surface area contributed by atoms with Crippen LogP contribution in [0.25, 0.3) is 0 Å². The van der Waals surface area contributed by atoms with Gasteiger partial charge in [-0.15, -0.1) is 0 Å². The third-order valence-corrected chi connectivity index (χ3v) is 3.76. The van der Waals surface area contributed by atoms with Gasteiger partial charge in [0, 0.05) is 5.69 Å². The number of benzene rings is 1. The maximum atomic E-state index is 11.8. The molecule has 1 unspecified atom stereocenters. The van der Waals surface area contributed by atoms with Crippen LogP contribution in [0.15, 0.2) is 29.2 Å². The molecule has 1 aromatic carbocycles. The van der Waals surface area contributed by atoms with Gasteiger partial charge in [-0.2, -0.15) is 0 Å². The molecule has 4 N–H and O–H groups in total. The third kappa shape index (κ3) is 3.06. The van der Waals surface area contributed by atoms with Crippen molar-refractivity contribution in [3.05, 3.63) is 24.3 Å². The number of carbonyl (C=O) groups excluding carboxylic acids is 1. The number of carbonyl (C=O) groups is 1. The van der Waals surface area contributed by atoms with Crippen molar-refractivity contribution >= 4 is 21.6 Å². The Morgan fingerprint density at radius 2 is 2.00 bits per heavy atom. The molecule has 1 atom stereocenters. The molecule has 18 heavy (non-hydrogen) atoms. The highest BCUT2D eigenvalue weighted by Crippen LogP contribution is 2.14. The van der Waals surface area contributed by atoms with Gasteiger partial charge in [0.2, 0.25) is 15.9 Å². The van der Waals surface area contributed by atoms with Crippen molar-refractivity contribution in [1.82, 2.24) is 5.32 Å². The van der Waals surface area contributed by atoms with E-state index in [1.165, 1.54) is 24.3 Å². The van der Waals surface area contributed by atoms with Crippen molar-refractivity contribution in [1.29, 1.82) is 0 Å². The Morgan fingerprint density at radius 1 is 1.33 bits per heavy atom. The van der Waals surface area contributed by atoms with Crippen LogP contribution < -0.4 is 15.8 Å². The van der Waals surface area contributed by atoms with Gasteiger partial charge in [0.05, 0.1) is 10.9 Å². The number of sulfonamides is 1. The predicted molar refractivity (Wildman–Crippen MR) is 67.5 cm³/mol. The van der Waals surface area contributed by atoms with Crippen molar-refractivity contribution in [2.75, 3.05) is 11.9 Å². The first-order valence-electron chi connectivity index (χ1n) is 5.64. The molecule has 0 aliphatic carbocycles. The molecular formula is C11H15N3O3S. The van der Waals surface area contributed by atoms with E-state index in [0.717, 1.165) is 19.4 Å². The summed E-state index contributed by atoms with van der Waals surface area (Å²) in [6.45, 7) is 0.850. The minimum atomic E-state index is -3.69. The van der Waals surface area contributed by atoms with Crippen LogP contribution in [0.3, 0.4) is 0 Å². The number of nitrogens with one attached hydrogen (secondary N) is 2. The topological polar surface area (TPSA) is 101 Å². The maximum absolute atomic E-state index is 11.8. The highest BCUT2D eigenvalue weighted by Gasteiger charge is 2.21. The second kappa shape index (κ2) is 5.05. The molecule has 1 fully saturated rings. The first-order valence-corrected chi connectivity index (χ1v) is 7.18. The molecule has 1 aromatic rings. The number of primary sulfonamides is 1. The van der Waals surface area contributed by atoms with Gasteiger partial charge in [-0.3, -0.25) is 4.79 Å². The minimum absolute atomic E-state index is 0.0273. The van der Waals surface area contributed by atoms with Gasteiger partial charge in [-0.25, -0.2) is 13.6 Å². The highest BCUT2D eigenvalue weighted by molar-refractivity contribution is 7.89. The van der Waals surface area contributed by atoms with Crippen molar-refractivity contribution in [3.63, 3.8) is 0 Å². The summed E-state index contributed by atoms with van der Waals surface area (Å²) in [5.74, 6) is -0.101. The van der Waals surface area contributed by atoms with E-state index in [4.69, 9.17) is 5.14 Å². The molecule has 1 saturated heterocycles. The second-order valence-electron chi connectivity index (χ2n) is 4.21. The summed E-state index contributed by atoms with van der Waals surface area (Å²) in [6, 6.07) is 5.61. The summed E-state index contributed by atoms with van der Waals surface area (Å²) >= 11 is 0. The lowest BCUT2D eigenvalue weighted by Crippen LogP contribution is -2.35. The Kier molecular flexibility index (Phi) is 3.65. The van der Waals surface area contributed by atoms with E-state index in [2.05, 4.69) is 10.6 Å².